The van der Waals surface area contributed by atoms with Crippen LogP contribution in [0.5, 0.6) is 0 Å². The fraction of sp³-hybridized carbons (Fsp3) is 0.917. The molecule has 0 unspecified atom stereocenters. The van der Waals surface area contributed by atoms with Gasteiger partial charge >= 0.3 is 6.09 Å². The number of cyclic esters (lactones) is 1. The number of alkyl carbamates (subject to hydrolysis) is 1. The number of nitrogens with one attached hydrogen (secondary N) is 1. The summed E-state index contributed by atoms with van der Waals surface area (Å²) in [5.74, 6) is -0.609. The smallest absolute Gasteiger partial charge is 0.407 e. The first-order valence-corrected chi connectivity index (χ1v) is 6.18. The maximum absolute atomic E-state index is 11.1. The Balaban J connectivity index is 2.17. The van der Waals surface area contributed by atoms with Gasteiger partial charge in [-0.25, -0.2) is 4.79 Å². The highest BCUT2D eigenvalue weighted by atomic mass is 16.8. The molecule has 2 rings (SSSR count). The summed E-state index contributed by atoms with van der Waals surface area (Å²) in [5.41, 5.74) is -0.522. The zero-order valence-corrected chi connectivity index (χ0v) is 10.9. The molecule has 0 aliphatic carbocycles. The molecule has 0 aromatic carbocycles. The number of carbonyl (C=O) groups is 1. The average molecular weight is 243 g/mol. The van der Waals surface area contributed by atoms with Gasteiger partial charge in [0.25, 0.3) is 0 Å². The van der Waals surface area contributed by atoms with E-state index in [0.717, 1.165) is 12.8 Å². The normalized spacial score (nSPS) is 40.1. The fourth-order valence-electron chi connectivity index (χ4n) is 2.68. The second-order valence-corrected chi connectivity index (χ2v) is 5.38. The van der Waals surface area contributed by atoms with Crippen LogP contribution in [0.4, 0.5) is 4.79 Å². The molecule has 0 radical (unpaired) electrons. The van der Waals surface area contributed by atoms with Crippen LogP contribution in [-0.4, -0.2) is 36.2 Å². The summed E-state index contributed by atoms with van der Waals surface area (Å²) in [6, 6.07) is -0.145. The summed E-state index contributed by atoms with van der Waals surface area (Å²) >= 11 is 0. The highest BCUT2D eigenvalue weighted by Gasteiger charge is 2.56. The van der Waals surface area contributed by atoms with Crippen LogP contribution in [0.2, 0.25) is 0 Å². The van der Waals surface area contributed by atoms with Crippen molar-refractivity contribution in [2.24, 2.45) is 0 Å². The maximum Gasteiger partial charge on any atom is 0.407 e. The topological polar surface area (TPSA) is 56.8 Å². The first-order chi connectivity index (χ1) is 7.87. The van der Waals surface area contributed by atoms with Gasteiger partial charge in [0.1, 0.15) is 12.2 Å². The number of hydrogen-bond acceptors (Lipinski definition) is 4. The highest BCUT2D eigenvalue weighted by Crippen LogP contribution is 2.41. The summed E-state index contributed by atoms with van der Waals surface area (Å²) < 4.78 is 16.9. The first-order valence-electron chi connectivity index (χ1n) is 6.18. The van der Waals surface area contributed by atoms with Gasteiger partial charge in [0, 0.05) is 0 Å². The minimum absolute atomic E-state index is 0.0190. The van der Waals surface area contributed by atoms with Crippen molar-refractivity contribution in [1.82, 2.24) is 5.32 Å². The van der Waals surface area contributed by atoms with E-state index in [1.807, 2.05) is 20.8 Å². The van der Waals surface area contributed by atoms with Gasteiger partial charge < -0.3 is 19.5 Å². The zero-order valence-electron chi connectivity index (χ0n) is 10.9. The third-order valence-electron chi connectivity index (χ3n) is 3.45. The molecule has 2 saturated heterocycles. The van der Waals surface area contributed by atoms with Crippen LogP contribution >= 0.6 is 0 Å². The van der Waals surface area contributed by atoms with E-state index in [0.29, 0.717) is 6.61 Å². The van der Waals surface area contributed by atoms with E-state index in [-0.39, 0.29) is 18.2 Å². The number of ether oxygens (including phenoxy) is 3. The molecule has 17 heavy (non-hydrogen) atoms. The molecule has 2 aliphatic rings. The third kappa shape index (κ3) is 2.26. The van der Waals surface area contributed by atoms with Gasteiger partial charge in [0.05, 0.1) is 12.1 Å². The van der Waals surface area contributed by atoms with Crippen LogP contribution in [0.1, 0.15) is 40.5 Å². The molecule has 3 atom stereocenters. The molecular weight excluding hydrogens is 222 g/mol. The van der Waals surface area contributed by atoms with Gasteiger partial charge in [-0.1, -0.05) is 13.3 Å². The second kappa shape index (κ2) is 4.14. The van der Waals surface area contributed by atoms with Crippen molar-refractivity contribution in [3.63, 3.8) is 0 Å². The van der Waals surface area contributed by atoms with Crippen LogP contribution in [0.3, 0.4) is 0 Å². The Morgan fingerprint density at radius 2 is 2.12 bits per heavy atom. The van der Waals surface area contributed by atoms with Crippen LogP contribution in [0, 0.1) is 0 Å². The van der Waals surface area contributed by atoms with Crippen LogP contribution in [0.25, 0.3) is 0 Å². The fourth-order valence-corrected chi connectivity index (χ4v) is 2.68. The molecule has 5 nitrogen and oxygen atoms in total. The Kier molecular flexibility index (Phi) is 3.08. The summed E-state index contributed by atoms with van der Waals surface area (Å²) in [7, 11) is 0. The number of hydrogen-bond donors (Lipinski definition) is 1. The van der Waals surface area contributed by atoms with Crippen molar-refractivity contribution in [3.05, 3.63) is 0 Å². The molecule has 2 aliphatic heterocycles. The molecule has 5 heteroatoms. The molecule has 2 heterocycles. The van der Waals surface area contributed by atoms with Gasteiger partial charge in [-0.15, -0.1) is 0 Å². The zero-order chi connectivity index (χ0) is 12.7. The van der Waals surface area contributed by atoms with E-state index in [2.05, 4.69) is 12.2 Å². The van der Waals surface area contributed by atoms with E-state index < -0.39 is 11.4 Å². The molecular formula is C12H21NO4. The number of amides is 1. The van der Waals surface area contributed by atoms with Gasteiger partial charge in [-0.05, 0) is 27.2 Å². The lowest BCUT2D eigenvalue weighted by molar-refractivity contribution is -0.164. The molecule has 0 bridgehead atoms. The van der Waals surface area contributed by atoms with Gasteiger partial charge in [-0.2, -0.15) is 0 Å². The Labute approximate surface area is 102 Å². The van der Waals surface area contributed by atoms with Gasteiger partial charge in [0.15, 0.2) is 5.79 Å². The minimum atomic E-state index is -0.609. The Bertz CT molecular complexity index is 318. The quantitative estimate of drug-likeness (QED) is 0.821. The van der Waals surface area contributed by atoms with Crippen LogP contribution in [-0.2, 0) is 14.2 Å². The maximum atomic E-state index is 11.1. The lowest BCUT2D eigenvalue weighted by Gasteiger charge is -2.33. The van der Waals surface area contributed by atoms with Gasteiger partial charge in [0.2, 0.25) is 0 Å². The number of carbonyl (C=O) groups excluding carboxylic acids is 1. The first kappa shape index (κ1) is 12.6. The molecule has 1 amide bonds. The van der Waals surface area contributed by atoms with E-state index in [4.69, 9.17) is 14.2 Å². The molecule has 98 valence electrons. The standard InChI is InChI=1S/C12H21NO4/c1-5-6-9-12(4,17-11(2,3)16-9)8-7-15-10(14)13-8/h8-9H,5-7H2,1-4H3,(H,13,14)/t8-,9-,12-/m1/s1. The molecule has 1 N–H and O–H groups in total. The van der Waals surface area contributed by atoms with E-state index in [9.17, 15) is 4.79 Å². The second-order valence-electron chi connectivity index (χ2n) is 5.38. The summed E-state index contributed by atoms with van der Waals surface area (Å²) in [6.45, 7) is 8.24. The van der Waals surface area contributed by atoms with Crippen molar-refractivity contribution in [3.8, 4) is 0 Å². The molecule has 0 saturated carbocycles. The van der Waals surface area contributed by atoms with Crippen molar-refractivity contribution in [1.29, 1.82) is 0 Å². The van der Waals surface area contributed by atoms with Gasteiger partial charge in [-0.3, -0.25) is 0 Å². The third-order valence-corrected chi connectivity index (χ3v) is 3.45. The minimum Gasteiger partial charge on any atom is -0.447 e. The lowest BCUT2D eigenvalue weighted by Crippen LogP contribution is -2.54. The van der Waals surface area contributed by atoms with Crippen molar-refractivity contribution in [2.45, 2.75) is 64.1 Å². The lowest BCUT2D eigenvalue weighted by atomic mass is 9.88. The largest absolute Gasteiger partial charge is 0.447 e. The molecule has 0 aromatic heterocycles. The Morgan fingerprint density at radius 1 is 1.41 bits per heavy atom. The predicted octanol–water partition coefficient (Wildman–Crippen LogP) is 1.81. The van der Waals surface area contributed by atoms with Crippen LogP contribution in [0.15, 0.2) is 0 Å². The summed E-state index contributed by atoms with van der Waals surface area (Å²) in [4.78, 5) is 11.1. The Hall–Kier alpha value is -0.810. The molecule has 0 aromatic rings. The van der Waals surface area contributed by atoms with Crippen molar-refractivity contribution in [2.75, 3.05) is 6.61 Å². The summed E-state index contributed by atoms with van der Waals surface area (Å²) in [6.07, 6.45) is 1.53. The average Bonchev–Trinajstić information content (AvgIpc) is 2.71. The monoisotopic (exact) mass is 243 g/mol. The van der Waals surface area contributed by atoms with E-state index in [1.165, 1.54) is 0 Å². The summed E-state index contributed by atoms with van der Waals surface area (Å²) in [5, 5.41) is 2.80. The van der Waals surface area contributed by atoms with E-state index in [1.54, 1.807) is 0 Å². The van der Waals surface area contributed by atoms with E-state index >= 15 is 0 Å². The number of rotatable bonds is 3. The molecule has 2 fully saturated rings. The van der Waals surface area contributed by atoms with Crippen molar-refractivity contribution >= 4 is 6.09 Å². The van der Waals surface area contributed by atoms with Crippen molar-refractivity contribution < 1.29 is 19.0 Å². The predicted molar refractivity (Wildman–Crippen MR) is 61.6 cm³/mol. The Morgan fingerprint density at radius 3 is 2.65 bits per heavy atom. The molecule has 0 spiro atoms. The highest BCUT2D eigenvalue weighted by molar-refractivity contribution is 5.70. The SMILES string of the molecule is CCC[C@H]1OC(C)(C)O[C@]1(C)[C@H]1COC(=O)N1. The van der Waals surface area contributed by atoms with Crippen LogP contribution < -0.4 is 5.32 Å².